The molecule has 3 heterocycles. The summed E-state index contributed by atoms with van der Waals surface area (Å²) in [5, 5.41) is 7.92. The first kappa shape index (κ1) is 13.6. The highest BCUT2D eigenvalue weighted by Gasteiger charge is 2.16. The third kappa shape index (κ3) is 2.36. The third-order valence-corrected chi connectivity index (χ3v) is 4.67. The standard InChI is InChI=1S/C14H15N5OS/c1-8-9(6-18-19(8)2)5-17-14(20)13-12(15)10-3-4-16-7-11(10)21-13/h3-4,6-7H,5,15H2,1-2H3,(H,17,20). The number of nitrogens with one attached hydrogen (secondary N) is 1. The second kappa shape index (κ2) is 5.17. The van der Waals surface area contributed by atoms with Gasteiger partial charge in [-0.1, -0.05) is 0 Å². The van der Waals surface area contributed by atoms with Gasteiger partial charge in [-0.3, -0.25) is 14.5 Å². The number of nitrogen functional groups attached to an aromatic ring is 1. The molecule has 0 aliphatic heterocycles. The van der Waals surface area contributed by atoms with E-state index in [-0.39, 0.29) is 5.91 Å². The molecular formula is C14H15N5OS. The second-order valence-electron chi connectivity index (χ2n) is 4.78. The van der Waals surface area contributed by atoms with Gasteiger partial charge in [0.25, 0.3) is 5.91 Å². The molecule has 3 N–H and O–H groups in total. The molecule has 21 heavy (non-hydrogen) atoms. The number of nitrogens with two attached hydrogens (primary N) is 1. The van der Waals surface area contributed by atoms with E-state index in [1.54, 1.807) is 23.3 Å². The number of carbonyl (C=O) groups is 1. The van der Waals surface area contributed by atoms with Crippen LogP contribution in [0.2, 0.25) is 0 Å². The van der Waals surface area contributed by atoms with E-state index in [0.29, 0.717) is 17.1 Å². The topological polar surface area (TPSA) is 85.8 Å². The zero-order valence-electron chi connectivity index (χ0n) is 11.8. The Labute approximate surface area is 125 Å². The molecule has 0 saturated carbocycles. The maximum Gasteiger partial charge on any atom is 0.263 e. The number of aromatic nitrogens is 3. The summed E-state index contributed by atoms with van der Waals surface area (Å²) in [6, 6.07) is 1.82. The van der Waals surface area contributed by atoms with Crippen LogP contribution in [0.15, 0.2) is 24.7 Å². The third-order valence-electron chi connectivity index (χ3n) is 3.51. The molecule has 3 rings (SSSR count). The molecule has 0 aliphatic rings. The Morgan fingerprint density at radius 2 is 2.29 bits per heavy atom. The quantitative estimate of drug-likeness (QED) is 0.773. The SMILES string of the molecule is Cc1c(CNC(=O)c2sc3cnccc3c2N)cnn1C. The van der Waals surface area contributed by atoms with E-state index in [9.17, 15) is 4.79 Å². The van der Waals surface area contributed by atoms with Gasteiger partial charge in [0.15, 0.2) is 0 Å². The lowest BCUT2D eigenvalue weighted by Gasteiger charge is -2.04. The monoisotopic (exact) mass is 301 g/mol. The first-order valence-electron chi connectivity index (χ1n) is 6.45. The molecule has 0 unspecified atom stereocenters. The first-order valence-corrected chi connectivity index (χ1v) is 7.27. The van der Waals surface area contributed by atoms with Crippen LogP contribution in [0.1, 0.15) is 20.9 Å². The molecule has 0 fully saturated rings. The minimum atomic E-state index is -0.169. The molecule has 0 bridgehead atoms. The predicted octanol–water partition coefficient (Wildman–Crippen LogP) is 1.85. The highest BCUT2D eigenvalue weighted by molar-refractivity contribution is 7.21. The molecule has 0 radical (unpaired) electrons. The maximum absolute atomic E-state index is 12.3. The van der Waals surface area contributed by atoms with Gasteiger partial charge in [-0.15, -0.1) is 11.3 Å². The van der Waals surface area contributed by atoms with Crippen molar-refractivity contribution < 1.29 is 4.79 Å². The molecule has 3 aromatic rings. The van der Waals surface area contributed by atoms with E-state index in [1.807, 2.05) is 20.0 Å². The van der Waals surface area contributed by atoms with Gasteiger partial charge in [-0.2, -0.15) is 5.10 Å². The van der Waals surface area contributed by atoms with E-state index >= 15 is 0 Å². The molecular weight excluding hydrogens is 286 g/mol. The molecule has 108 valence electrons. The largest absolute Gasteiger partial charge is 0.397 e. The minimum absolute atomic E-state index is 0.169. The smallest absolute Gasteiger partial charge is 0.263 e. The average Bonchev–Trinajstić information content (AvgIpc) is 2.99. The summed E-state index contributed by atoms with van der Waals surface area (Å²) in [4.78, 5) is 16.9. The van der Waals surface area contributed by atoms with Gasteiger partial charge >= 0.3 is 0 Å². The lowest BCUT2D eigenvalue weighted by molar-refractivity contribution is 0.0956. The van der Waals surface area contributed by atoms with Crippen molar-refractivity contribution in [1.82, 2.24) is 20.1 Å². The van der Waals surface area contributed by atoms with E-state index in [4.69, 9.17) is 5.73 Å². The van der Waals surface area contributed by atoms with Crippen LogP contribution in [0.25, 0.3) is 10.1 Å². The Balaban J connectivity index is 1.81. The normalized spacial score (nSPS) is 11.0. The Kier molecular flexibility index (Phi) is 3.34. The van der Waals surface area contributed by atoms with Crippen molar-refractivity contribution in [1.29, 1.82) is 0 Å². The molecule has 0 atom stereocenters. The number of nitrogens with zero attached hydrogens (tertiary/aromatic N) is 3. The average molecular weight is 301 g/mol. The number of hydrogen-bond donors (Lipinski definition) is 2. The summed E-state index contributed by atoms with van der Waals surface area (Å²) in [5.41, 5.74) is 8.58. The molecule has 3 aromatic heterocycles. The van der Waals surface area contributed by atoms with E-state index in [2.05, 4.69) is 15.4 Å². The molecule has 0 saturated heterocycles. The molecule has 0 aliphatic carbocycles. The van der Waals surface area contributed by atoms with Crippen LogP contribution < -0.4 is 11.1 Å². The van der Waals surface area contributed by atoms with Crippen LogP contribution in [0.4, 0.5) is 5.69 Å². The fourth-order valence-corrected chi connectivity index (χ4v) is 3.12. The Hall–Kier alpha value is -2.41. The lowest BCUT2D eigenvalue weighted by Crippen LogP contribution is -2.22. The summed E-state index contributed by atoms with van der Waals surface area (Å²) < 4.78 is 2.69. The summed E-state index contributed by atoms with van der Waals surface area (Å²) in [6.45, 7) is 2.40. The fourth-order valence-electron chi connectivity index (χ4n) is 2.11. The van der Waals surface area contributed by atoms with Crippen molar-refractivity contribution in [3.63, 3.8) is 0 Å². The Morgan fingerprint density at radius 1 is 1.48 bits per heavy atom. The van der Waals surface area contributed by atoms with Crippen molar-refractivity contribution in [2.75, 3.05) is 5.73 Å². The number of thiophene rings is 1. The molecule has 7 heteroatoms. The Bertz CT molecular complexity index is 820. The molecule has 0 spiro atoms. The lowest BCUT2D eigenvalue weighted by atomic mass is 10.2. The number of carbonyl (C=O) groups excluding carboxylic acids is 1. The first-order chi connectivity index (χ1) is 10.1. The van der Waals surface area contributed by atoms with E-state index in [0.717, 1.165) is 21.3 Å². The maximum atomic E-state index is 12.3. The van der Waals surface area contributed by atoms with E-state index < -0.39 is 0 Å². The van der Waals surface area contributed by atoms with Crippen molar-refractivity contribution in [3.05, 3.63) is 40.8 Å². The summed E-state index contributed by atoms with van der Waals surface area (Å²) in [6.07, 6.45) is 5.15. The van der Waals surface area contributed by atoms with E-state index in [1.165, 1.54) is 11.3 Å². The van der Waals surface area contributed by atoms with Crippen LogP contribution in [-0.4, -0.2) is 20.7 Å². The number of anilines is 1. The fraction of sp³-hybridized carbons (Fsp3) is 0.214. The highest BCUT2D eigenvalue weighted by atomic mass is 32.1. The van der Waals surface area contributed by atoms with Crippen LogP contribution in [0.5, 0.6) is 0 Å². The van der Waals surface area contributed by atoms with Crippen LogP contribution in [-0.2, 0) is 13.6 Å². The van der Waals surface area contributed by atoms with Crippen LogP contribution >= 0.6 is 11.3 Å². The highest BCUT2D eigenvalue weighted by Crippen LogP contribution is 2.32. The van der Waals surface area contributed by atoms with Gasteiger partial charge in [0.1, 0.15) is 4.88 Å². The van der Waals surface area contributed by atoms with Gasteiger partial charge in [0.2, 0.25) is 0 Å². The molecule has 1 amide bonds. The van der Waals surface area contributed by atoms with Gasteiger partial charge < -0.3 is 11.1 Å². The molecule has 0 aromatic carbocycles. The Morgan fingerprint density at radius 3 is 2.95 bits per heavy atom. The van der Waals surface area contributed by atoms with Gasteiger partial charge in [-0.05, 0) is 13.0 Å². The zero-order valence-corrected chi connectivity index (χ0v) is 12.6. The summed E-state index contributed by atoms with van der Waals surface area (Å²) >= 11 is 1.36. The number of hydrogen-bond acceptors (Lipinski definition) is 5. The minimum Gasteiger partial charge on any atom is -0.397 e. The summed E-state index contributed by atoms with van der Waals surface area (Å²) in [7, 11) is 1.87. The van der Waals surface area contributed by atoms with Crippen molar-refractivity contribution >= 4 is 33.0 Å². The van der Waals surface area contributed by atoms with Crippen molar-refractivity contribution in [3.8, 4) is 0 Å². The zero-order chi connectivity index (χ0) is 15.0. The van der Waals surface area contributed by atoms with Gasteiger partial charge in [0.05, 0.1) is 16.6 Å². The predicted molar refractivity (Wildman–Crippen MR) is 83.1 cm³/mol. The number of pyridine rings is 1. The van der Waals surface area contributed by atoms with Crippen molar-refractivity contribution in [2.24, 2.45) is 7.05 Å². The summed E-state index contributed by atoms with van der Waals surface area (Å²) in [5.74, 6) is -0.169. The van der Waals surface area contributed by atoms with Crippen LogP contribution in [0, 0.1) is 6.92 Å². The number of aryl methyl sites for hydroxylation is 1. The second-order valence-corrected chi connectivity index (χ2v) is 5.83. The molecule has 6 nitrogen and oxygen atoms in total. The van der Waals surface area contributed by atoms with Crippen molar-refractivity contribution in [2.45, 2.75) is 13.5 Å². The van der Waals surface area contributed by atoms with Gasteiger partial charge in [0, 0.05) is 42.6 Å². The van der Waals surface area contributed by atoms with Crippen LogP contribution in [0.3, 0.4) is 0 Å². The van der Waals surface area contributed by atoms with Gasteiger partial charge in [-0.25, -0.2) is 0 Å². The number of fused-ring (bicyclic) bond motifs is 1. The number of rotatable bonds is 3. The number of amides is 1.